The number of nitrogens with two attached hydrogens (primary N) is 1. The van der Waals surface area contributed by atoms with Crippen LogP contribution in [0.3, 0.4) is 0 Å². The largest absolute Gasteiger partial charge is 0.391 e. The van der Waals surface area contributed by atoms with Gasteiger partial charge in [-0.1, -0.05) is 33.6 Å². The van der Waals surface area contributed by atoms with Crippen LogP contribution in [0.1, 0.15) is 59.3 Å². The number of aliphatic hydroxyl groups is 1. The van der Waals surface area contributed by atoms with Gasteiger partial charge in [0.05, 0.1) is 12.1 Å². The van der Waals surface area contributed by atoms with Gasteiger partial charge in [-0.3, -0.25) is 4.79 Å². The molecule has 1 saturated carbocycles. The molecule has 0 aromatic heterocycles. The molecule has 1 aliphatic carbocycles. The predicted octanol–water partition coefficient (Wildman–Crippen LogP) is 1.90. The number of aliphatic hydroxyl groups excluding tert-OH is 1. The van der Waals surface area contributed by atoms with Crippen LogP contribution in [0.5, 0.6) is 0 Å². The zero-order chi connectivity index (χ0) is 14.6. The maximum atomic E-state index is 12.2. The topological polar surface area (TPSA) is 66.6 Å². The van der Waals surface area contributed by atoms with Gasteiger partial charge in [-0.25, -0.2) is 0 Å². The Morgan fingerprint density at radius 2 is 1.95 bits per heavy atom. The van der Waals surface area contributed by atoms with Gasteiger partial charge in [0.25, 0.3) is 0 Å². The molecule has 0 aliphatic heterocycles. The third-order valence-electron chi connectivity index (χ3n) is 3.90. The van der Waals surface area contributed by atoms with Crippen molar-refractivity contribution in [2.75, 3.05) is 7.05 Å². The summed E-state index contributed by atoms with van der Waals surface area (Å²) >= 11 is 0. The van der Waals surface area contributed by atoms with E-state index in [2.05, 4.69) is 20.8 Å². The van der Waals surface area contributed by atoms with Crippen molar-refractivity contribution in [3.05, 3.63) is 0 Å². The second kappa shape index (κ2) is 6.71. The Hall–Kier alpha value is -0.610. The highest BCUT2D eigenvalue weighted by atomic mass is 16.3. The van der Waals surface area contributed by atoms with Crippen LogP contribution in [0.25, 0.3) is 0 Å². The molecule has 1 amide bonds. The minimum absolute atomic E-state index is 0.0249. The lowest BCUT2D eigenvalue weighted by Gasteiger charge is -2.36. The van der Waals surface area contributed by atoms with Crippen molar-refractivity contribution < 1.29 is 9.90 Å². The summed E-state index contributed by atoms with van der Waals surface area (Å²) in [5.41, 5.74) is 6.19. The molecule has 1 aliphatic rings. The van der Waals surface area contributed by atoms with Gasteiger partial charge >= 0.3 is 0 Å². The zero-order valence-electron chi connectivity index (χ0n) is 12.9. The van der Waals surface area contributed by atoms with Crippen LogP contribution < -0.4 is 5.73 Å². The molecule has 0 heterocycles. The second-order valence-electron chi connectivity index (χ2n) is 7.15. The Morgan fingerprint density at radius 3 is 2.47 bits per heavy atom. The fourth-order valence-corrected chi connectivity index (χ4v) is 2.96. The molecule has 19 heavy (non-hydrogen) atoms. The molecular weight excluding hydrogens is 240 g/mol. The molecule has 3 atom stereocenters. The number of likely N-dealkylation sites (N-methyl/N-ethyl adjacent to an activating group) is 1. The fraction of sp³-hybridized carbons (Fsp3) is 0.933. The van der Waals surface area contributed by atoms with Gasteiger partial charge in [0.2, 0.25) is 5.91 Å². The highest BCUT2D eigenvalue weighted by molar-refractivity contribution is 5.77. The van der Waals surface area contributed by atoms with Gasteiger partial charge in [0.1, 0.15) is 0 Å². The summed E-state index contributed by atoms with van der Waals surface area (Å²) in [5, 5.41) is 9.98. The van der Waals surface area contributed by atoms with Crippen molar-refractivity contribution in [3.8, 4) is 0 Å². The van der Waals surface area contributed by atoms with E-state index in [0.29, 0.717) is 6.42 Å². The van der Waals surface area contributed by atoms with Gasteiger partial charge in [-0.2, -0.15) is 0 Å². The summed E-state index contributed by atoms with van der Waals surface area (Å²) in [6.45, 7) is 6.39. The van der Waals surface area contributed by atoms with Crippen molar-refractivity contribution in [3.63, 3.8) is 0 Å². The molecule has 0 aromatic rings. The van der Waals surface area contributed by atoms with E-state index in [9.17, 15) is 9.90 Å². The van der Waals surface area contributed by atoms with Crippen LogP contribution in [0, 0.1) is 5.41 Å². The summed E-state index contributed by atoms with van der Waals surface area (Å²) in [5.74, 6) is 0.0581. The number of rotatable bonds is 4. The molecule has 4 heteroatoms. The quantitative estimate of drug-likeness (QED) is 0.820. The first-order valence-corrected chi connectivity index (χ1v) is 7.40. The minimum atomic E-state index is -0.374. The molecule has 0 spiro atoms. The fourth-order valence-electron chi connectivity index (χ4n) is 2.96. The van der Waals surface area contributed by atoms with E-state index in [1.54, 1.807) is 11.9 Å². The number of carbonyl (C=O) groups excluding carboxylic acids is 1. The number of nitrogens with zero attached hydrogens (tertiary/aromatic N) is 1. The van der Waals surface area contributed by atoms with Crippen LogP contribution in [0.2, 0.25) is 0 Å². The maximum Gasteiger partial charge on any atom is 0.224 e. The monoisotopic (exact) mass is 270 g/mol. The standard InChI is InChI=1S/C15H30N2O2/c1-15(2,3)10-11(16)9-14(19)17(4)12-7-5-6-8-13(12)18/h11-13,18H,5-10,16H2,1-4H3. The first-order chi connectivity index (χ1) is 8.70. The average Bonchev–Trinajstić information content (AvgIpc) is 2.26. The summed E-state index contributed by atoms with van der Waals surface area (Å²) < 4.78 is 0. The third-order valence-corrected chi connectivity index (χ3v) is 3.90. The number of carbonyl (C=O) groups is 1. The molecule has 1 fully saturated rings. The molecule has 0 aromatic carbocycles. The van der Waals surface area contributed by atoms with Crippen molar-refractivity contribution in [1.29, 1.82) is 0 Å². The SMILES string of the molecule is CN(C(=O)CC(N)CC(C)(C)C)C1CCCCC1O. The first kappa shape index (κ1) is 16.4. The van der Waals surface area contributed by atoms with Gasteiger partial charge < -0.3 is 15.7 Å². The van der Waals surface area contributed by atoms with Gasteiger partial charge in [-0.05, 0) is 24.7 Å². The highest BCUT2D eigenvalue weighted by Crippen LogP contribution is 2.24. The van der Waals surface area contributed by atoms with Crippen LogP contribution >= 0.6 is 0 Å². The molecule has 3 unspecified atom stereocenters. The number of hydrogen-bond donors (Lipinski definition) is 2. The molecule has 1 rings (SSSR count). The third kappa shape index (κ3) is 5.49. The molecule has 4 nitrogen and oxygen atoms in total. The van der Waals surface area contributed by atoms with E-state index < -0.39 is 0 Å². The Morgan fingerprint density at radius 1 is 1.37 bits per heavy atom. The van der Waals surface area contributed by atoms with Crippen LogP contribution in [0.4, 0.5) is 0 Å². The van der Waals surface area contributed by atoms with E-state index in [1.165, 1.54) is 0 Å². The van der Waals surface area contributed by atoms with E-state index in [0.717, 1.165) is 32.1 Å². The van der Waals surface area contributed by atoms with E-state index >= 15 is 0 Å². The lowest BCUT2D eigenvalue weighted by atomic mass is 9.87. The molecule has 0 saturated heterocycles. The summed E-state index contributed by atoms with van der Waals surface area (Å²) in [4.78, 5) is 13.9. The highest BCUT2D eigenvalue weighted by Gasteiger charge is 2.30. The molecule has 3 N–H and O–H groups in total. The van der Waals surface area contributed by atoms with Crippen molar-refractivity contribution in [2.24, 2.45) is 11.1 Å². The normalized spacial score (nSPS) is 26.0. The lowest BCUT2D eigenvalue weighted by molar-refractivity contribution is -0.135. The van der Waals surface area contributed by atoms with Gasteiger partial charge in [0.15, 0.2) is 0 Å². The molecule has 0 bridgehead atoms. The maximum absolute atomic E-state index is 12.2. The Kier molecular flexibility index (Phi) is 5.81. The van der Waals surface area contributed by atoms with Crippen LogP contribution in [-0.4, -0.2) is 41.1 Å². The molecule has 0 radical (unpaired) electrons. The van der Waals surface area contributed by atoms with E-state index in [1.807, 2.05) is 0 Å². The Labute approximate surface area is 117 Å². The lowest BCUT2D eigenvalue weighted by Crippen LogP contribution is -2.47. The van der Waals surface area contributed by atoms with Gasteiger partial charge in [-0.15, -0.1) is 0 Å². The van der Waals surface area contributed by atoms with Gasteiger partial charge in [0, 0.05) is 19.5 Å². The average molecular weight is 270 g/mol. The first-order valence-electron chi connectivity index (χ1n) is 7.40. The van der Waals surface area contributed by atoms with Crippen molar-refractivity contribution in [2.45, 2.75) is 77.5 Å². The van der Waals surface area contributed by atoms with Crippen molar-refractivity contribution in [1.82, 2.24) is 4.90 Å². The summed E-state index contributed by atoms with van der Waals surface area (Å²) in [6, 6.07) is -0.126. The van der Waals surface area contributed by atoms with Crippen LogP contribution in [-0.2, 0) is 4.79 Å². The van der Waals surface area contributed by atoms with E-state index in [-0.39, 0.29) is 29.5 Å². The zero-order valence-corrected chi connectivity index (χ0v) is 12.9. The molecular formula is C15H30N2O2. The predicted molar refractivity (Wildman–Crippen MR) is 77.7 cm³/mol. The van der Waals surface area contributed by atoms with Crippen molar-refractivity contribution >= 4 is 5.91 Å². The second-order valence-corrected chi connectivity index (χ2v) is 7.15. The smallest absolute Gasteiger partial charge is 0.224 e. The Bertz CT molecular complexity index is 299. The summed E-state index contributed by atoms with van der Waals surface area (Å²) in [6.07, 6.45) is 4.68. The summed E-state index contributed by atoms with van der Waals surface area (Å²) in [7, 11) is 1.80. The number of amides is 1. The van der Waals surface area contributed by atoms with Crippen LogP contribution in [0.15, 0.2) is 0 Å². The minimum Gasteiger partial charge on any atom is -0.391 e. The molecule has 112 valence electrons. The Balaban J connectivity index is 2.48. The number of hydrogen-bond acceptors (Lipinski definition) is 3. The van der Waals surface area contributed by atoms with E-state index in [4.69, 9.17) is 5.73 Å².